The van der Waals surface area contributed by atoms with Gasteiger partial charge in [-0.1, -0.05) is 23.7 Å². The van der Waals surface area contributed by atoms with Crippen molar-refractivity contribution in [3.63, 3.8) is 0 Å². The Balaban J connectivity index is 2.25. The summed E-state index contributed by atoms with van der Waals surface area (Å²) in [7, 11) is 0. The predicted octanol–water partition coefficient (Wildman–Crippen LogP) is 2.11. The molecule has 0 heterocycles. The van der Waals surface area contributed by atoms with Crippen LogP contribution in [0.1, 0.15) is 18.4 Å². The summed E-state index contributed by atoms with van der Waals surface area (Å²) in [6.07, 6.45) is 2.14. The highest BCUT2D eigenvalue weighted by Crippen LogP contribution is 2.41. The van der Waals surface area contributed by atoms with Gasteiger partial charge in [0.05, 0.1) is 10.6 Å². The van der Waals surface area contributed by atoms with Crippen LogP contribution in [0.25, 0.3) is 0 Å². The minimum absolute atomic E-state index is 0.101. The molecule has 70 valence electrons. The summed E-state index contributed by atoms with van der Waals surface area (Å²) in [6, 6.07) is 5.21. The number of phenols is 1. The lowest BCUT2D eigenvalue weighted by molar-refractivity contribution is 0.150. The Hall–Kier alpha value is -0.730. The quantitative estimate of drug-likeness (QED) is 0.764. The zero-order valence-electron chi connectivity index (χ0n) is 7.13. The Morgan fingerprint density at radius 2 is 2.08 bits per heavy atom. The van der Waals surface area contributed by atoms with E-state index in [0.717, 1.165) is 18.4 Å². The van der Waals surface area contributed by atoms with Gasteiger partial charge in [0.15, 0.2) is 0 Å². The second kappa shape index (κ2) is 2.89. The molecule has 0 amide bonds. The Morgan fingerprint density at radius 3 is 2.69 bits per heavy atom. The topological polar surface area (TPSA) is 40.5 Å². The molecule has 2 nitrogen and oxygen atoms in total. The van der Waals surface area contributed by atoms with Gasteiger partial charge in [-0.15, -0.1) is 0 Å². The minimum Gasteiger partial charge on any atom is -0.506 e. The summed E-state index contributed by atoms with van der Waals surface area (Å²) in [5, 5.41) is 19.5. The molecule has 0 unspecified atom stereocenters. The molecule has 1 aliphatic rings. The maximum Gasteiger partial charge on any atom is 0.137 e. The maximum atomic E-state index is 9.64. The highest BCUT2D eigenvalue weighted by Gasteiger charge is 2.40. The molecule has 1 saturated carbocycles. The van der Waals surface area contributed by atoms with E-state index in [1.54, 1.807) is 18.2 Å². The number of rotatable bonds is 2. The first-order chi connectivity index (χ1) is 6.11. The van der Waals surface area contributed by atoms with Crippen LogP contribution in [-0.4, -0.2) is 15.8 Å². The number of aromatic hydroxyl groups is 1. The van der Waals surface area contributed by atoms with Crippen LogP contribution >= 0.6 is 11.6 Å². The zero-order chi connectivity index (χ0) is 9.47. The van der Waals surface area contributed by atoms with Crippen LogP contribution in [0.3, 0.4) is 0 Å². The first-order valence-electron chi connectivity index (χ1n) is 4.29. The molecular formula is C10H11ClO2. The van der Waals surface area contributed by atoms with Gasteiger partial charge in [0.2, 0.25) is 0 Å². The van der Waals surface area contributed by atoms with Crippen LogP contribution in [0.2, 0.25) is 5.02 Å². The van der Waals surface area contributed by atoms with Gasteiger partial charge in [0.1, 0.15) is 5.75 Å². The highest BCUT2D eigenvalue weighted by atomic mass is 35.5. The third-order valence-electron chi connectivity index (χ3n) is 2.42. The molecular weight excluding hydrogens is 188 g/mol. The highest BCUT2D eigenvalue weighted by molar-refractivity contribution is 6.32. The van der Waals surface area contributed by atoms with E-state index in [9.17, 15) is 10.2 Å². The lowest BCUT2D eigenvalue weighted by Crippen LogP contribution is -2.10. The zero-order valence-corrected chi connectivity index (χ0v) is 7.88. The van der Waals surface area contributed by atoms with Crippen molar-refractivity contribution in [1.82, 2.24) is 0 Å². The first-order valence-corrected chi connectivity index (χ1v) is 4.67. The summed E-state index contributed by atoms with van der Waals surface area (Å²) in [4.78, 5) is 0. The van der Waals surface area contributed by atoms with Gasteiger partial charge in [0.25, 0.3) is 0 Å². The van der Waals surface area contributed by atoms with E-state index in [1.807, 2.05) is 0 Å². The minimum atomic E-state index is -0.581. The van der Waals surface area contributed by atoms with Crippen molar-refractivity contribution in [2.45, 2.75) is 24.9 Å². The van der Waals surface area contributed by atoms with E-state index in [0.29, 0.717) is 11.4 Å². The van der Waals surface area contributed by atoms with Crippen molar-refractivity contribution < 1.29 is 10.2 Å². The fraction of sp³-hybridized carbons (Fsp3) is 0.400. The Bertz CT molecular complexity index is 332. The standard InChI is InChI=1S/C10H11ClO2/c11-8-3-1-2-7(9(8)12)6-10(13)4-5-10/h1-3,12-13H,4-6H2. The van der Waals surface area contributed by atoms with Crippen LogP contribution in [0.5, 0.6) is 5.75 Å². The first kappa shape index (κ1) is 8.85. The molecule has 13 heavy (non-hydrogen) atoms. The smallest absolute Gasteiger partial charge is 0.137 e. The van der Waals surface area contributed by atoms with E-state index >= 15 is 0 Å². The second-order valence-corrected chi connectivity index (χ2v) is 4.06. The van der Waals surface area contributed by atoms with Crippen molar-refractivity contribution in [3.8, 4) is 5.75 Å². The third-order valence-corrected chi connectivity index (χ3v) is 2.72. The number of benzene rings is 1. The van der Waals surface area contributed by atoms with Crippen molar-refractivity contribution in [3.05, 3.63) is 28.8 Å². The Labute approximate surface area is 81.8 Å². The van der Waals surface area contributed by atoms with Crippen molar-refractivity contribution in [1.29, 1.82) is 0 Å². The molecule has 3 heteroatoms. The number of hydrogen-bond donors (Lipinski definition) is 2. The van der Waals surface area contributed by atoms with Gasteiger partial charge in [0, 0.05) is 6.42 Å². The molecule has 0 atom stereocenters. The SMILES string of the molecule is Oc1c(Cl)cccc1CC1(O)CC1. The third kappa shape index (κ3) is 1.79. The molecule has 1 aliphatic carbocycles. The molecule has 0 spiro atoms. The molecule has 1 aromatic carbocycles. The molecule has 1 fully saturated rings. The molecule has 0 aliphatic heterocycles. The Morgan fingerprint density at radius 1 is 1.38 bits per heavy atom. The van der Waals surface area contributed by atoms with Crippen molar-refractivity contribution in [2.24, 2.45) is 0 Å². The van der Waals surface area contributed by atoms with Gasteiger partial charge in [-0.25, -0.2) is 0 Å². The van der Waals surface area contributed by atoms with Crippen LogP contribution < -0.4 is 0 Å². The van der Waals surface area contributed by atoms with Gasteiger partial charge in [-0.3, -0.25) is 0 Å². The molecule has 0 saturated heterocycles. The summed E-state index contributed by atoms with van der Waals surface area (Å²) >= 11 is 5.73. The normalized spacial score (nSPS) is 18.6. The molecule has 0 aromatic heterocycles. The van der Waals surface area contributed by atoms with Crippen LogP contribution in [0, 0.1) is 0 Å². The van der Waals surface area contributed by atoms with E-state index in [2.05, 4.69) is 0 Å². The van der Waals surface area contributed by atoms with Gasteiger partial charge in [-0.2, -0.15) is 0 Å². The van der Waals surface area contributed by atoms with Crippen LogP contribution in [0.15, 0.2) is 18.2 Å². The van der Waals surface area contributed by atoms with Crippen LogP contribution in [-0.2, 0) is 6.42 Å². The average molecular weight is 199 g/mol. The summed E-state index contributed by atoms with van der Waals surface area (Å²) in [5.74, 6) is 0.101. The van der Waals surface area contributed by atoms with Gasteiger partial charge < -0.3 is 10.2 Å². The number of hydrogen-bond acceptors (Lipinski definition) is 2. The number of halogens is 1. The van der Waals surface area contributed by atoms with E-state index < -0.39 is 5.60 Å². The predicted molar refractivity (Wildman–Crippen MR) is 51.0 cm³/mol. The molecule has 0 radical (unpaired) electrons. The molecule has 2 N–H and O–H groups in total. The number of aliphatic hydroxyl groups is 1. The Kier molecular flexibility index (Phi) is 1.97. The summed E-state index contributed by atoms with van der Waals surface area (Å²) in [5.41, 5.74) is 0.148. The van der Waals surface area contributed by atoms with E-state index in [-0.39, 0.29) is 5.75 Å². The fourth-order valence-electron chi connectivity index (χ4n) is 1.38. The largest absolute Gasteiger partial charge is 0.506 e. The van der Waals surface area contributed by atoms with Crippen molar-refractivity contribution in [2.75, 3.05) is 0 Å². The van der Waals surface area contributed by atoms with Gasteiger partial charge >= 0.3 is 0 Å². The number of phenolic OH excluding ortho intramolecular Hbond substituents is 1. The summed E-state index contributed by atoms with van der Waals surface area (Å²) < 4.78 is 0. The fourth-order valence-corrected chi connectivity index (χ4v) is 1.57. The summed E-state index contributed by atoms with van der Waals surface area (Å²) in [6.45, 7) is 0. The second-order valence-electron chi connectivity index (χ2n) is 3.65. The lowest BCUT2D eigenvalue weighted by atomic mass is 10.1. The monoisotopic (exact) mass is 198 g/mol. The van der Waals surface area contributed by atoms with Gasteiger partial charge in [-0.05, 0) is 24.5 Å². The maximum absolute atomic E-state index is 9.64. The molecule has 1 aromatic rings. The molecule has 0 bridgehead atoms. The van der Waals surface area contributed by atoms with E-state index in [1.165, 1.54) is 0 Å². The molecule has 2 rings (SSSR count). The number of para-hydroxylation sites is 1. The van der Waals surface area contributed by atoms with Crippen molar-refractivity contribution >= 4 is 11.6 Å². The lowest BCUT2D eigenvalue weighted by Gasteiger charge is -2.09. The van der Waals surface area contributed by atoms with Crippen LogP contribution in [0.4, 0.5) is 0 Å². The average Bonchev–Trinajstić information content (AvgIpc) is 2.78. The van der Waals surface area contributed by atoms with E-state index in [4.69, 9.17) is 11.6 Å².